The van der Waals surface area contributed by atoms with Gasteiger partial charge in [0.2, 0.25) is 0 Å². The summed E-state index contributed by atoms with van der Waals surface area (Å²) in [5, 5.41) is 3.30. The van der Waals surface area contributed by atoms with Gasteiger partial charge in [-0.05, 0) is 69.2 Å². The van der Waals surface area contributed by atoms with E-state index in [4.69, 9.17) is 27.1 Å². The lowest BCUT2D eigenvalue weighted by atomic mass is 9.88. The molecule has 9 rings (SSSR count). The van der Waals surface area contributed by atoms with Gasteiger partial charge in [0.05, 0.1) is 32.6 Å². The summed E-state index contributed by atoms with van der Waals surface area (Å²) in [4.78, 5) is 13.3. The molecule has 1 saturated carbocycles. The standard InChI is InChI=1S/C35H34ClF7N6O/c1-15-9-20-19-5-4-17(45-19)10-49(20)30-24-21(15)26(36)23(22-25(35(41,42)43)16(2)8-18(44)27(22)37)28(38)29(24)46-31(47-30)50-14-33-6-3-7-48(33)13-32(11-33)12-34(32,39)40/h8,17,19-20,45H,1,3-7,9-14,44H2,2H3/t17-,19+,20-,32+,33+/m1/s1. The molecule has 1 aromatic heterocycles. The van der Waals surface area contributed by atoms with Crippen LogP contribution in [-0.4, -0.2) is 70.7 Å². The Bertz CT molecular complexity index is 2020. The molecule has 1 spiro atoms. The van der Waals surface area contributed by atoms with Crippen LogP contribution in [0, 0.1) is 24.0 Å². The Labute approximate surface area is 288 Å². The number of nitrogens with zero attached hydrogens (tertiary/aromatic N) is 4. The van der Waals surface area contributed by atoms with Crippen molar-refractivity contribution in [1.29, 1.82) is 0 Å². The maximum absolute atomic E-state index is 17.2. The van der Waals surface area contributed by atoms with Gasteiger partial charge in [-0.25, -0.2) is 17.6 Å². The van der Waals surface area contributed by atoms with Crippen molar-refractivity contribution in [3.8, 4) is 17.1 Å². The Balaban J connectivity index is 1.25. The van der Waals surface area contributed by atoms with Gasteiger partial charge in [-0.2, -0.15) is 23.1 Å². The first-order valence-corrected chi connectivity index (χ1v) is 17.3. The average molecular weight is 723 g/mol. The second-order valence-electron chi connectivity index (χ2n) is 15.2. The SMILES string of the molecule is C=C1C[C@@H]2[C@@H]3CC[C@H](CN2c2nc(OC[C@@]45CCCN4C[C@@]4(CC4(F)F)C5)nc4c(F)c(-c5c(F)c(N)cc(C)c5C(F)(F)F)c(Cl)c1c24)N3. The van der Waals surface area contributed by atoms with E-state index in [9.17, 15) is 22.0 Å². The second-order valence-corrected chi connectivity index (χ2v) is 15.6. The van der Waals surface area contributed by atoms with E-state index in [2.05, 4.69) is 16.9 Å². The van der Waals surface area contributed by atoms with Crippen LogP contribution < -0.4 is 20.7 Å². The Morgan fingerprint density at radius 1 is 1.12 bits per heavy atom. The highest BCUT2D eigenvalue weighted by Crippen LogP contribution is 2.69. The third-order valence-corrected chi connectivity index (χ3v) is 12.6. The highest BCUT2D eigenvalue weighted by atomic mass is 35.5. The predicted octanol–water partition coefficient (Wildman–Crippen LogP) is 7.51. The van der Waals surface area contributed by atoms with E-state index in [1.165, 1.54) is 0 Å². The van der Waals surface area contributed by atoms with E-state index < -0.39 is 73.2 Å². The number of halogens is 8. The fourth-order valence-electron chi connectivity index (χ4n) is 9.90. The molecule has 0 radical (unpaired) electrons. The Hall–Kier alpha value is -3.36. The van der Waals surface area contributed by atoms with Crippen LogP contribution in [0.2, 0.25) is 5.02 Å². The molecular weight excluding hydrogens is 689 g/mol. The summed E-state index contributed by atoms with van der Waals surface area (Å²) in [7, 11) is 0. The summed E-state index contributed by atoms with van der Waals surface area (Å²) >= 11 is 6.92. The van der Waals surface area contributed by atoms with Crippen LogP contribution in [0.3, 0.4) is 0 Å². The number of anilines is 2. The minimum atomic E-state index is -5.09. The summed E-state index contributed by atoms with van der Waals surface area (Å²) in [6.07, 6.45) is -1.53. The molecule has 0 unspecified atom stereocenters. The number of aromatic nitrogens is 2. The lowest BCUT2D eigenvalue weighted by Crippen LogP contribution is -2.58. The molecule has 2 aromatic carbocycles. The van der Waals surface area contributed by atoms with Gasteiger partial charge >= 0.3 is 12.2 Å². The molecule has 1 aliphatic carbocycles. The Kier molecular flexibility index (Phi) is 6.75. The van der Waals surface area contributed by atoms with Gasteiger partial charge in [-0.3, -0.25) is 4.90 Å². The topological polar surface area (TPSA) is 79.5 Å². The zero-order valence-corrected chi connectivity index (χ0v) is 27.8. The molecule has 0 amide bonds. The summed E-state index contributed by atoms with van der Waals surface area (Å²) in [5.74, 6) is -5.22. The van der Waals surface area contributed by atoms with Crippen LogP contribution in [0.15, 0.2) is 12.6 Å². The van der Waals surface area contributed by atoms with E-state index >= 15 is 8.78 Å². The summed E-state index contributed by atoms with van der Waals surface area (Å²) in [6, 6.07) is 0.511. The average Bonchev–Trinajstić information content (AvgIpc) is 3.36. The number of aryl methyl sites for hydroxylation is 1. The van der Waals surface area contributed by atoms with Gasteiger partial charge in [0.1, 0.15) is 17.9 Å². The highest BCUT2D eigenvalue weighted by molar-refractivity contribution is 6.37. The number of nitrogens with one attached hydrogen (secondary N) is 1. The molecule has 5 aliphatic heterocycles. The molecule has 3 aromatic rings. The number of fused-ring (bicyclic) bond motifs is 6. The largest absolute Gasteiger partial charge is 0.461 e. The molecule has 2 bridgehead atoms. The van der Waals surface area contributed by atoms with Gasteiger partial charge in [0.25, 0.3) is 5.92 Å². The van der Waals surface area contributed by atoms with Crippen molar-refractivity contribution in [2.75, 3.05) is 36.9 Å². The number of ether oxygens (including phenoxy) is 1. The summed E-state index contributed by atoms with van der Waals surface area (Å²) in [6.45, 7) is 6.73. The normalized spacial score (nSPS) is 31.0. The molecule has 6 aliphatic rings. The molecule has 6 heterocycles. The van der Waals surface area contributed by atoms with Gasteiger partial charge in [-0.15, -0.1) is 0 Å². The molecule has 3 N–H and O–H groups in total. The first-order valence-electron chi connectivity index (χ1n) is 16.9. The van der Waals surface area contributed by atoms with Crippen molar-refractivity contribution in [3.63, 3.8) is 0 Å². The lowest BCUT2D eigenvalue weighted by Gasteiger charge is -2.41. The van der Waals surface area contributed by atoms with E-state index in [0.29, 0.717) is 31.5 Å². The lowest BCUT2D eigenvalue weighted by molar-refractivity contribution is -0.137. The van der Waals surface area contributed by atoms with E-state index in [1.54, 1.807) is 0 Å². The van der Waals surface area contributed by atoms with Gasteiger partial charge in [0, 0.05) is 54.3 Å². The summed E-state index contributed by atoms with van der Waals surface area (Å²) in [5.41, 5.74) is -0.185. The summed E-state index contributed by atoms with van der Waals surface area (Å²) < 4.78 is 112. The number of benzene rings is 2. The van der Waals surface area contributed by atoms with Crippen molar-refractivity contribution >= 4 is 39.6 Å². The minimum Gasteiger partial charge on any atom is -0.461 e. The van der Waals surface area contributed by atoms with Crippen molar-refractivity contribution in [2.24, 2.45) is 5.41 Å². The van der Waals surface area contributed by atoms with Crippen molar-refractivity contribution in [1.82, 2.24) is 20.2 Å². The van der Waals surface area contributed by atoms with Crippen LogP contribution >= 0.6 is 11.6 Å². The third-order valence-electron chi connectivity index (χ3n) is 12.2. The number of hydrogen-bond acceptors (Lipinski definition) is 7. The molecular formula is C35H34ClF7N6O. The fourth-order valence-corrected chi connectivity index (χ4v) is 10.3. The van der Waals surface area contributed by atoms with E-state index in [1.807, 2.05) is 9.80 Å². The zero-order chi connectivity index (χ0) is 35.3. The monoisotopic (exact) mass is 722 g/mol. The Morgan fingerprint density at radius 2 is 1.88 bits per heavy atom. The van der Waals surface area contributed by atoms with Crippen molar-refractivity contribution in [2.45, 2.75) is 87.6 Å². The van der Waals surface area contributed by atoms with E-state index in [-0.39, 0.29) is 66.9 Å². The van der Waals surface area contributed by atoms with Crippen molar-refractivity contribution < 1.29 is 35.5 Å². The van der Waals surface area contributed by atoms with Gasteiger partial charge < -0.3 is 20.7 Å². The zero-order valence-electron chi connectivity index (χ0n) is 27.1. The smallest absolute Gasteiger partial charge is 0.417 e. The number of hydrogen-bond donors (Lipinski definition) is 2. The molecule has 266 valence electrons. The molecule has 4 saturated heterocycles. The predicted molar refractivity (Wildman–Crippen MR) is 174 cm³/mol. The molecule has 15 heteroatoms. The number of nitrogen functional groups attached to an aromatic ring is 1. The molecule has 5 atom stereocenters. The van der Waals surface area contributed by atoms with Crippen LogP contribution in [-0.2, 0) is 6.18 Å². The van der Waals surface area contributed by atoms with E-state index in [0.717, 1.165) is 32.3 Å². The van der Waals surface area contributed by atoms with Crippen LogP contribution in [0.25, 0.3) is 27.6 Å². The minimum absolute atomic E-state index is 0.0176. The first kappa shape index (κ1) is 32.5. The second kappa shape index (κ2) is 10.4. The van der Waals surface area contributed by atoms with Crippen molar-refractivity contribution in [3.05, 3.63) is 46.0 Å². The third kappa shape index (κ3) is 4.42. The highest BCUT2D eigenvalue weighted by Gasteiger charge is 2.77. The van der Waals surface area contributed by atoms with Crippen LogP contribution in [0.5, 0.6) is 6.01 Å². The van der Waals surface area contributed by atoms with Crippen LogP contribution in [0.4, 0.5) is 42.2 Å². The quantitative estimate of drug-likeness (QED) is 0.213. The number of piperazine rings is 1. The number of alkyl halides is 5. The maximum atomic E-state index is 17.2. The Morgan fingerprint density at radius 3 is 2.60 bits per heavy atom. The maximum Gasteiger partial charge on any atom is 0.417 e. The molecule has 5 fully saturated rings. The number of nitrogens with two attached hydrogens (primary N) is 1. The van der Waals surface area contributed by atoms with Crippen LogP contribution in [0.1, 0.15) is 61.6 Å². The van der Waals surface area contributed by atoms with Gasteiger partial charge in [0.15, 0.2) is 11.6 Å². The number of rotatable bonds is 4. The fraction of sp³-hybridized carbons (Fsp3) is 0.543. The molecule has 50 heavy (non-hydrogen) atoms. The first-order chi connectivity index (χ1) is 23.5. The van der Waals surface area contributed by atoms with Gasteiger partial charge in [-0.1, -0.05) is 18.2 Å². The molecule has 7 nitrogen and oxygen atoms in total.